The van der Waals surface area contributed by atoms with Gasteiger partial charge in [-0.15, -0.1) is 0 Å². The van der Waals surface area contributed by atoms with Crippen LogP contribution < -0.4 is 5.32 Å². The number of hydrogen-bond acceptors (Lipinski definition) is 1. The molecule has 0 aliphatic carbocycles. The lowest BCUT2D eigenvalue weighted by molar-refractivity contribution is 0.194. The van der Waals surface area contributed by atoms with Crippen LogP contribution in [0.3, 0.4) is 0 Å². The molecule has 1 rings (SSSR count). The van der Waals surface area contributed by atoms with E-state index >= 15 is 0 Å². The van der Waals surface area contributed by atoms with Gasteiger partial charge < -0.3 is 10.2 Å². The smallest absolute Gasteiger partial charge is 0.317 e. The monoisotopic (exact) mass is 170 g/mol. The summed E-state index contributed by atoms with van der Waals surface area (Å²) in [5.74, 6) is 0. The van der Waals surface area contributed by atoms with E-state index in [2.05, 4.69) is 5.32 Å². The van der Waals surface area contributed by atoms with Crippen molar-refractivity contribution in [1.82, 2.24) is 10.2 Å². The van der Waals surface area contributed by atoms with Crippen LogP contribution >= 0.6 is 0 Å². The maximum absolute atomic E-state index is 11.2. The molecule has 1 heterocycles. The number of nitrogens with one attached hydrogen (secondary N) is 1. The minimum atomic E-state index is 0.0805. The highest BCUT2D eigenvalue weighted by Gasteiger charge is 2.11. The van der Waals surface area contributed by atoms with E-state index in [9.17, 15) is 4.79 Å². The first kappa shape index (κ1) is 9.36. The molecule has 0 saturated carbocycles. The van der Waals surface area contributed by atoms with Crippen LogP contribution in [-0.2, 0) is 0 Å². The molecule has 0 radical (unpaired) electrons. The molecule has 0 atom stereocenters. The lowest BCUT2D eigenvalue weighted by Gasteiger charge is -2.23. The highest BCUT2D eigenvalue weighted by atomic mass is 16.2. The Morgan fingerprint density at radius 1 is 1.08 bits per heavy atom. The summed E-state index contributed by atoms with van der Waals surface area (Å²) in [6.07, 6.45) is 6.20. The second-order valence-corrected chi connectivity index (χ2v) is 3.31. The normalized spacial score (nSPS) is 19.6. The standard InChI is InChI=1S/C9H18N2O/c1-10-9(12)11-7-5-3-2-4-6-8-11/h2-8H2,1H3,(H,10,12). The Balaban J connectivity index is 2.34. The summed E-state index contributed by atoms with van der Waals surface area (Å²) in [4.78, 5) is 13.2. The Morgan fingerprint density at radius 3 is 2.08 bits per heavy atom. The third-order valence-corrected chi connectivity index (χ3v) is 2.36. The minimum Gasteiger partial charge on any atom is -0.341 e. The van der Waals surface area contributed by atoms with Crippen molar-refractivity contribution in [2.75, 3.05) is 20.1 Å². The molecule has 12 heavy (non-hydrogen) atoms. The number of likely N-dealkylation sites (tertiary alicyclic amines) is 1. The average molecular weight is 170 g/mol. The van der Waals surface area contributed by atoms with Gasteiger partial charge in [0.2, 0.25) is 0 Å². The van der Waals surface area contributed by atoms with Gasteiger partial charge in [0.1, 0.15) is 0 Å². The van der Waals surface area contributed by atoms with Gasteiger partial charge in [0.05, 0.1) is 0 Å². The van der Waals surface area contributed by atoms with Gasteiger partial charge in [0.15, 0.2) is 0 Å². The first-order chi connectivity index (χ1) is 5.84. The van der Waals surface area contributed by atoms with Crippen LogP contribution in [0.15, 0.2) is 0 Å². The molecule has 0 unspecified atom stereocenters. The molecule has 1 saturated heterocycles. The van der Waals surface area contributed by atoms with E-state index in [1.54, 1.807) is 7.05 Å². The first-order valence-corrected chi connectivity index (χ1v) is 4.81. The van der Waals surface area contributed by atoms with Crippen molar-refractivity contribution >= 4 is 6.03 Å². The fourth-order valence-electron chi connectivity index (χ4n) is 1.61. The maximum Gasteiger partial charge on any atom is 0.317 e. The van der Waals surface area contributed by atoms with Crippen molar-refractivity contribution in [2.45, 2.75) is 32.1 Å². The van der Waals surface area contributed by atoms with Crippen LogP contribution in [-0.4, -0.2) is 31.1 Å². The summed E-state index contributed by atoms with van der Waals surface area (Å²) in [6.45, 7) is 1.86. The zero-order valence-electron chi connectivity index (χ0n) is 7.81. The second kappa shape index (κ2) is 5.01. The zero-order valence-corrected chi connectivity index (χ0v) is 7.81. The average Bonchev–Trinajstić information content (AvgIpc) is 2.02. The Kier molecular flexibility index (Phi) is 3.91. The predicted molar refractivity (Wildman–Crippen MR) is 49.1 cm³/mol. The molecule has 70 valence electrons. The van der Waals surface area contributed by atoms with Crippen molar-refractivity contribution in [3.8, 4) is 0 Å². The molecule has 2 amide bonds. The van der Waals surface area contributed by atoms with Crippen molar-refractivity contribution < 1.29 is 4.79 Å². The van der Waals surface area contributed by atoms with Gasteiger partial charge in [-0.25, -0.2) is 4.79 Å². The van der Waals surface area contributed by atoms with Crippen LogP contribution in [0.5, 0.6) is 0 Å². The predicted octanol–water partition coefficient (Wildman–Crippen LogP) is 1.59. The number of hydrogen-bond donors (Lipinski definition) is 1. The summed E-state index contributed by atoms with van der Waals surface area (Å²) >= 11 is 0. The molecule has 3 nitrogen and oxygen atoms in total. The summed E-state index contributed by atoms with van der Waals surface area (Å²) in [5.41, 5.74) is 0. The molecule has 0 aromatic rings. The van der Waals surface area contributed by atoms with Gasteiger partial charge in [0, 0.05) is 20.1 Å². The van der Waals surface area contributed by atoms with Gasteiger partial charge in [0.25, 0.3) is 0 Å². The fourth-order valence-corrected chi connectivity index (χ4v) is 1.61. The number of carbonyl (C=O) groups is 1. The number of carbonyl (C=O) groups excluding carboxylic acids is 1. The first-order valence-electron chi connectivity index (χ1n) is 4.81. The second-order valence-electron chi connectivity index (χ2n) is 3.31. The maximum atomic E-state index is 11.2. The lowest BCUT2D eigenvalue weighted by Crippen LogP contribution is -2.39. The van der Waals surface area contributed by atoms with E-state index in [1.807, 2.05) is 4.90 Å². The Hall–Kier alpha value is -0.730. The van der Waals surface area contributed by atoms with E-state index < -0.39 is 0 Å². The summed E-state index contributed by atoms with van der Waals surface area (Å²) < 4.78 is 0. The van der Waals surface area contributed by atoms with Crippen LogP contribution in [0, 0.1) is 0 Å². The zero-order chi connectivity index (χ0) is 8.81. The SMILES string of the molecule is CNC(=O)N1CCCCCCC1. The summed E-state index contributed by atoms with van der Waals surface area (Å²) in [7, 11) is 1.70. The van der Waals surface area contributed by atoms with E-state index in [1.165, 1.54) is 19.3 Å². The van der Waals surface area contributed by atoms with Gasteiger partial charge >= 0.3 is 6.03 Å². The van der Waals surface area contributed by atoms with Crippen molar-refractivity contribution in [3.05, 3.63) is 0 Å². The van der Waals surface area contributed by atoms with Crippen molar-refractivity contribution in [3.63, 3.8) is 0 Å². The van der Waals surface area contributed by atoms with Crippen molar-refractivity contribution in [2.24, 2.45) is 0 Å². The quantitative estimate of drug-likeness (QED) is 0.588. The number of amides is 2. The van der Waals surface area contributed by atoms with E-state index in [-0.39, 0.29) is 6.03 Å². The van der Waals surface area contributed by atoms with E-state index in [0.717, 1.165) is 25.9 Å². The largest absolute Gasteiger partial charge is 0.341 e. The fraction of sp³-hybridized carbons (Fsp3) is 0.889. The van der Waals surface area contributed by atoms with Crippen LogP contribution in [0.25, 0.3) is 0 Å². The highest BCUT2D eigenvalue weighted by molar-refractivity contribution is 5.73. The number of nitrogens with zero attached hydrogens (tertiary/aromatic N) is 1. The third-order valence-electron chi connectivity index (χ3n) is 2.36. The molecule has 1 aliphatic heterocycles. The van der Waals surface area contributed by atoms with Crippen molar-refractivity contribution in [1.29, 1.82) is 0 Å². The number of rotatable bonds is 0. The Bertz CT molecular complexity index is 139. The molecule has 1 fully saturated rings. The molecule has 0 aromatic heterocycles. The molecule has 0 spiro atoms. The van der Waals surface area contributed by atoms with Gasteiger partial charge in [-0.05, 0) is 12.8 Å². The van der Waals surface area contributed by atoms with Crippen LogP contribution in [0.4, 0.5) is 4.79 Å². The topological polar surface area (TPSA) is 32.3 Å². The Morgan fingerprint density at radius 2 is 1.58 bits per heavy atom. The Labute approximate surface area is 74.1 Å². The van der Waals surface area contributed by atoms with E-state index in [0.29, 0.717) is 0 Å². The summed E-state index contributed by atoms with van der Waals surface area (Å²) in [5, 5.41) is 2.67. The molecular formula is C9H18N2O. The molecule has 0 aromatic carbocycles. The molecule has 3 heteroatoms. The highest BCUT2D eigenvalue weighted by Crippen LogP contribution is 2.09. The lowest BCUT2D eigenvalue weighted by atomic mass is 10.1. The minimum absolute atomic E-state index is 0.0805. The summed E-state index contributed by atoms with van der Waals surface area (Å²) in [6, 6.07) is 0.0805. The third kappa shape index (κ3) is 2.72. The molecule has 1 N–H and O–H groups in total. The van der Waals surface area contributed by atoms with Gasteiger partial charge in [-0.1, -0.05) is 19.3 Å². The van der Waals surface area contributed by atoms with Gasteiger partial charge in [-0.3, -0.25) is 0 Å². The van der Waals surface area contributed by atoms with Crippen LogP contribution in [0.2, 0.25) is 0 Å². The van der Waals surface area contributed by atoms with Crippen LogP contribution in [0.1, 0.15) is 32.1 Å². The molecule has 0 bridgehead atoms. The molecular weight excluding hydrogens is 152 g/mol. The number of urea groups is 1. The van der Waals surface area contributed by atoms with Gasteiger partial charge in [-0.2, -0.15) is 0 Å². The molecule has 1 aliphatic rings. The van der Waals surface area contributed by atoms with E-state index in [4.69, 9.17) is 0 Å².